The van der Waals surface area contributed by atoms with E-state index in [9.17, 15) is 4.79 Å². The van der Waals surface area contributed by atoms with E-state index >= 15 is 0 Å². The number of nitrogens with zero attached hydrogens (tertiary/aromatic N) is 3. The first kappa shape index (κ1) is 9.09. The fourth-order valence-corrected chi connectivity index (χ4v) is 1.09. The molecular formula is C10H6N4O. The highest BCUT2D eigenvalue weighted by atomic mass is 16.1. The Bertz CT molecular complexity index is 545. The van der Waals surface area contributed by atoms with Gasteiger partial charge in [0.15, 0.2) is 0 Å². The van der Waals surface area contributed by atoms with E-state index in [4.69, 9.17) is 5.26 Å². The summed E-state index contributed by atoms with van der Waals surface area (Å²) in [5.41, 5.74) is 1.42. The molecule has 0 saturated heterocycles. The largest absolute Gasteiger partial charge is 0.326 e. The Morgan fingerprint density at radius 3 is 2.53 bits per heavy atom. The Hall–Kier alpha value is -2.48. The van der Waals surface area contributed by atoms with Crippen molar-refractivity contribution in [2.24, 2.45) is 0 Å². The van der Waals surface area contributed by atoms with Gasteiger partial charge in [-0.25, -0.2) is 4.98 Å². The van der Waals surface area contributed by atoms with Gasteiger partial charge in [-0.3, -0.25) is 9.78 Å². The van der Waals surface area contributed by atoms with E-state index < -0.39 is 0 Å². The smallest absolute Gasteiger partial charge is 0.266 e. The predicted octanol–water partition coefficient (Wildman–Crippen LogP) is 0.704. The van der Waals surface area contributed by atoms with Crippen LogP contribution >= 0.6 is 0 Å². The zero-order valence-electron chi connectivity index (χ0n) is 7.64. The van der Waals surface area contributed by atoms with Crippen molar-refractivity contribution >= 4 is 0 Å². The second-order valence-corrected chi connectivity index (χ2v) is 2.84. The average molecular weight is 198 g/mol. The lowest BCUT2D eigenvalue weighted by molar-refractivity contribution is 1.12. The summed E-state index contributed by atoms with van der Waals surface area (Å²) in [6.07, 6.45) is 4.13. The van der Waals surface area contributed by atoms with E-state index in [0.29, 0.717) is 17.0 Å². The van der Waals surface area contributed by atoms with E-state index in [2.05, 4.69) is 15.0 Å². The summed E-state index contributed by atoms with van der Waals surface area (Å²) in [5.74, 6) is 0. The standard InChI is InChI=1S/C10H6N4O/c11-3-7-1-2-8(12-4-7)9-5-14-10(15)6-13-9/h1-2,4-6H,(H,14,15). The topological polar surface area (TPSA) is 82.4 Å². The number of hydrogen-bond acceptors (Lipinski definition) is 4. The maximum absolute atomic E-state index is 10.8. The van der Waals surface area contributed by atoms with Crippen molar-refractivity contribution in [3.8, 4) is 17.5 Å². The van der Waals surface area contributed by atoms with Crippen LogP contribution < -0.4 is 5.56 Å². The highest BCUT2D eigenvalue weighted by Gasteiger charge is 2.00. The third-order valence-electron chi connectivity index (χ3n) is 1.83. The Balaban J connectivity index is 2.42. The van der Waals surface area contributed by atoms with Gasteiger partial charge in [0.05, 0.1) is 17.5 Å². The summed E-state index contributed by atoms with van der Waals surface area (Å²) >= 11 is 0. The highest BCUT2D eigenvalue weighted by molar-refractivity contribution is 5.52. The predicted molar refractivity (Wildman–Crippen MR) is 52.8 cm³/mol. The number of H-pyrrole nitrogens is 1. The van der Waals surface area contributed by atoms with Crippen molar-refractivity contribution in [1.82, 2.24) is 15.0 Å². The summed E-state index contributed by atoms with van der Waals surface area (Å²) in [6, 6.07) is 5.30. The van der Waals surface area contributed by atoms with Crippen molar-refractivity contribution in [1.29, 1.82) is 5.26 Å². The number of hydrogen-bond donors (Lipinski definition) is 1. The molecule has 0 fully saturated rings. The average Bonchev–Trinajstić information content (AvgIpc) is 2.30. The van der Waals surface area contributed by atoms with Gasteiger partial charge in [0.2, 0.25) is 0 Å². The van der Waals surface area contributed by atoms with E-state index in [-0.39, 0.29) is 5.56 Å². The van der Waals surface area contributed by atoms with E-state index in [0.717, 1.165) is 0 Å². The van der Waals surface area contributed by atoms with Crippen LogP contribution in [0, 0.1) is 11.3 Å². The molecule has 0 atom stereocenters. The first-order chi connectivity index (χ1) is 7.29. The molecule has 72 valence electrons. The number of pyridine rings is 1. The summed E-state index contributed by atoms with van der Waals surface area (Å²) in [4.78, 5) is 21.2. The second-order valence-electron chi connectivity index (χ2n) is 2.84. The third-order valence-corrected chi connectivity index (χ3v) is 1.83. The SMILES string of the molecule is N#Cc1ccc(-c2c[nH]c(=O)cn2)nc1. The van der Waals surface area contributed by atoms with Crippen LogP contribution in [0.4, 0.5) is 0 Å². The fraction of sp³-hybridized carbons (Fsp3) is 0. The zero-order valence-corrected chi connectivity index (χ0v) is 7.64. The van der Waals surface area contributed by atoms with Crippen molar-refractivity contribution in [2.45, 2.75) is 0 Å². The lowest BCUT2D eigenvalue weighted by Crippen LogP contribution is -2.04. The van der Waals surface area contributed by atoms with Crippen LogP contribution in [-0.4, -0.2) is 15.0 Å². The summed E-state index contributed by atoms with van der Waals surface area (Å²) in [5, 5.41) is 8.58. The van der Waals surface area contributed by atoms with Crippen LogP contribution in [0.5, 0.6) is 0 Å². The molecule has 0 bridgehead atoms. The molecule has 15 heavy (non-hydrogen) atoms. The molecule has 0 aliphatic heterocycles. The van der Waals surface area contributed by atoms with Gasteiger partial charge in [-0.15, -0.1) is 0 Å². The summed E-state index contributed by atoms with van der Waals surface area (Å²) in [6.45, 7) is 0. The van der Waals surface area contributed by atoms with Crippen LogP contribution in [0.2, 0.25) is 0 Å². The molecule has 5 heteroatoms. The summed E-state index contributed by atoms with van der Waals surface area (Å²) in [7, 11) is 0. The molecule has 0 aromatic carbocycles. The van der Waals surface area contributed by atoms with Crippen molar-refractivity contribution in [3.05, 3.63) is 46.6 Å². The maximum atomic E-state index is 10.8. The minimum absolute atomic E-state index is 0.257. The number of aromatic nitrogens is 3. The van der Waals surface area contributed by atoms with E-state index in [1.807, 2.05) is 6.07 Å². The molecule has 2 heterocycles. The number of nitriles is 1. The lowest BCUT2D eigenvalue weighted by Gasteiger charge is -1.97. The molecule has 2 aromatic rings. The first-order valence-electron chi connectivity index (χ1n) is 4.21. The van der Waals surface area contributed by atoms with Gasteiger partial charge >= 0.3 is 0 Å². The molecule has 0 spiro atoms. The Morgan fingerprint density at radius 1 is 1.20 bits per heavy atom. The minimum atomic E-state index is -0.257. The quantitative estimate of drug-likeness (QED) is 0.731. The molecule has 5 nitrogen and oxygen atoms in total. The molecule has 1 N–H and O–H groups in total. The van der Waals surface area contributed by atoms with Crippen LogP contribution in [0.25, 0.3) is 11.4 Å². The van der Waals surface area contributed by atoms with Gasteiger partial charge in [-0.05, 0) is 12.1 Å². The zero-order chi connectivity index (χ0) is 10.7. The Labute approximate surface area is 85.1 Å². The lowest BCUT2D eigenvalue weighted by atomic mass is 10.2. The normalized spacial score (nSPS) is 9.53. The van der Waals surface area contributed by atoms with E-state index in [1.165, 1.54) is 18.6 Å². The van der Waals surface area contributed by atoms with Crippen molar-refractivity contribution in [2.75, 3.05) is 0 Å². The van der Waals surface area contributed by atoms with E-state index in [1.54, 1.807) is 12.1 Å². The third kappa shape index (κ3) is 1.89. The van der Waals surface area contributed by atoms with Gasteiger partial charge in [0, 0.05) is 12.4 Å². The monoisotopic (exact) mass is 198 g/mol. The molecule has 0 amide bonds. The Morgan fingerprint density at radius 2 is 2.00 bits per heavy atom. The van der Waals surface area contributed by atoms with Crippen LogP contribution in [0.3, 0.4) is 0 Å². The van der Waals surface area contributed by atoms with Crippen molar-refractivity contribution < 1.29 is 0 Å². The molecule has 2 rings (SSSR count). The van der Waals surface area contributed by atoms with Crippen LogP contribution in [0.1, 0.15) is 5.56 Å². The molecule has 0 radical (unpaired) electrons. The molecule has 2 aromatic heterocycles. The number of rotatable bonds is 1. The highest BCUT2D eigenvalue weighted by Crippen LogP contribution is 2.11. The number of nitrogens with one attached hydrogen (secondary N) is 1. The van der Waals surface area contributed by atoms with Gasteiger partial charge < -0.3 is 4.98 Å². The minimum Gasteiger partial charge on any atom is -0.326 e. The first-order valence-corrected chi connectivity index (χ1v) is 4.21. The van der Waals surface area contributed by atoms with Crippen LogP contribution in [-0.2, 0) is 0 Å². The second kappa shape index (κ2) is 3.72. The molecule has 0 aliphatic rings. The Kier molecular flexibility index (Phi) is 2.25. The molecular weight excluding hydrogens is 192 g/mol. The van der Waals surface area contributed by atoms with Gasteiger partial charge in [-0.2, -0.15) is 5.26 Å². The van der Waals surface area contributed by atoms with Gasteiger partial charge in [0.1, 0.15) is 11.8 Å². The van der Waals surface area contributed by atoms with Gasteiger partial charge in [0.25, 0.3) is 5.56 Å². The summed E-state index contributed by atoms with van der Waals surface area (Å²) < 4.78 is 0. The van der Waals surface area contributed by atoms with Gasteiger partial charge in [-0.1, -0.05) is 0 Å². The fourth-order valence-electron chi connectivity index (χ4n) is 1.09. The maximum Gasteiger partial charge on any atom is 0.266 e. The molecule has 0 unspecified atom stereocenters. The van der Waals surface area contributed by atoms with Crippen molar-refractivity contribution in [3.63, 3.8) is 0 Å². The van der Waals surface area contributed by atoms with Crippen LogP contribution in [0.15, 0.2) is 35.5 Å². The number of aromatic amines is 1. The molecule has 0 saturated carbocycles. The molecule has 0 aliphatic carbocycles.